The van der Waals surface area contributed by atoms with Crippen LogP contribution in [0.25, 0.3) is 0 Å². The lowest BCUT2D eigenvalue weighted by atomic mass is 10.1. The average molecular weight is 315 g/mol. The van der Waals surface area contributed by atoms with Gasteiger partial charge in [-0.15, -0.1) is 0 Å². The van der Waals surface area contributed by atoms with Gasteiger partial charge in [0.15, 0.2) is 0 Å². The fourth-order valence-corrected chi connectivity index (χ4v) is 2.54. The summed E-state index contributed by atoms with van der Waals surface area (Å²) in [6.07, 6.45) is 0.668. The van der Waals surface area contributed by atoms with Gasteiger partial charge in [0, 0.05) is 18.2 Å². The van der Waals surface area contributed by atoms with Gasteiger partial charge in [-0.2, -0.15) is 0 Å². The number of nitro benzene ring substituents is 1. The maximum Gasteiger partial charge on any atom is 0.271 e. The average Bonchev–Trinajstić information content (AvgIpc) is 2.36. The summed E-state index contributed by atoms with van der Waals surface area (Å²) in [7, 11) is -4.16. The van der Waals surface area contributed by atoms with Crippen LogP contribution in [0.15, 0.2) is 17.0 Å². The third-order valence-corrected chi connectivity index (χ3v) is 4.13. The number of nitrogens with one attached hydrogen (secondary N) is 1. The van der Waals surface area contributed by atoms with Gasteiger partial charge in [-0.1, -0.05) is 6.92 Å². The van der Waals surface area contributed by atoms with Crippen molar-refractivity contribution in [3.8, 4) is 0 Å². The van der Waals surface area contributed by atoms with E-state index in [0.29, 0.717) is 6.42 Å². The molecule has 0 aliphatic carbocycles. The molecule has 1 atom stereocenters. The standard InChI is InChI=1S/C12H17N3O5S/c1-4-7(2)14-12(16)10-5-9(15(17)18)6-11(8(10)3)21(13,19)20/h5-7H,4H2,1-3H3,(H,14,16)(H2,13,19,20). The molecule has 9 heteroatoms. The molecule has 1 amide bonds. The zero-order chi connectivity index (χ0) is 16.4. The van der Waals surface area contributed by atoms with Crippen LogP contribution >= 0.6 is 0 Å². The molecule has 0 bridgehead atoms. The van der Waals surface area contributed by atoms with Crippen molar-refractivity contribution < 1.29 is 18.1 Å². The van der Waals surface area contributed by atoms with Gasteiger partial charge in [-0.25, -0.2) is 13.6 Å². The van der Waals surface area contributed by atoms with Crippen molar-refractivity contribution >= 4 is 21.6 Å². The van der Waals surface area contributed by atoms with Crippen LogP contribution in [0.4, 0.5) is 5.69 Å². The van der Waals surface area contributed by atoms with Crippen LogP contribution in [0.5, 0.6) is 0 Å². The Morgan fingerprint density at radius 1 is 1.48 bits per heavy atom. The first-order valence-corrected chi connectivity index (χ1v) is 7.75. The number of carbonyl (C=O) groups excluding carboxylic acids is 1. The van der Waals surface area contributed by atoms with Crippen molar-refractivity contribution in [3.05, 3.63) is 33.4 Å². The lowest BCUT2D eigenvalue weighted by molar-refractivity contribution is -0.385. The molecule has 0 saturated heterocycles. The predicted octanol–water partition coefficient (Wildman–Crippen LogP) is 1.08. The molecule has 0 saturated carbocycles. The number of non-ortho nitro benzene ring substituents is 1. The Bertz CT molecular complexity index is 684. The Hall–Kier alpha value is -2.00. The molecule has 0 fully saturated rings. The van der Waals surface area contributed by atoms with Gasteiger partial charge in [0.1, 0.15) is 0 Å². The first-order chi connectivity index (χ1) is 9.57. The number of nitro groups is 1. The topological polar surface area (TPSA) is 132 Å². The second kappa shape index (κ2) is 6.19. The molecule has 0 spiro atoms. The molecule has 1 aromatic carbocycles. The highest BCUT2D eigenvalue weighted by molar-refractivity contribution is 7.89. The van der Waals surface area contributed by atoms with Gasteiger partial charge in [0.25, 0.3) is 11.6 Å². The number of rotatable bonds is 5. The molecular weight excluding hydrogens is 298 g/mol. The van der Waals surface area contributed by atoms with E-state index in [2.05, 4.69) is 5.32 Å². The highest BCUT2D eigenvalue weighted by atomic mass is 32.2. The van der Waals surface area contributed by atoms with E-state index in [1.807, 2.05) is 6.92 Å². The number of nitrogens with zero attached hydrogens (tertiary/aromatic N) is 1. The second-order valence-electron chi connectivity index (χ2n) is 4.70. The predicted molar refractivity (Wildman–Crippen MR) is 76.4 cm³/mol. The molecule has 0 aliphatic heterocycles. The number of sulfonamides is 1. The quantitative estimate of drug-likeness (QED) is 0.619. The Kier molecular flexibility index (Phi) is 5.02. The fourth-order valence-electron chi connectivity index (χ4n) is 1.71. The number of benzene rings is 1. The van der Waals surface area contributed by atoms with Gasteiger partial charge in [0.05, 0.1) is 15.4 Å². The molecule has 1 rings (SSSR count). The third-order valence-electron chi connectivity index (χ3n) is 3.10. The van der Waals surface area contributed by atoms with Crippen molar-refractivity contribution in [2.24, 2.45) is 5.14 Å². The molecule has 0 radical (unpaired) electrons. The van der Waals surface area contributed by atoms with E-state index in [-0.39, 0.29) is 17.2 Å². The summed E-state index contributed by atoms with van der Waals surface area (Å²) < 4.78 is 23.0. The third kappa shape index (κ3) is 3.99. The highest BCUT2D eigenvalue weighted by Gasteiger charge is 2.24. The van der Waals surface area contributed by atoms with Crippen molar-refractivity contribution in [1.82, 2.24) is 5.32 Å². The zero-order valence-electron chi connectivity index (χ0n) is 11.9. The molecule has 1 aromatic rings. The Labute approximate surface area is 122 Å². The number of carbonyl (C=O) groups is 1. The SMILES string of the molecule is CCC(C)NC(=O)c1cc([N+](=O)[O-])cc(S(N)(=O)=O)c1C. The van der Waals surface area contributed by atoms with Crippen LogP contribution < -0.4 is 10.5 Å². The van der Waals surface area contributed by atoms with Crippen LogP contribution in [0.3, 0.4) is 0 Å². The van der Waals surface area contributed by atoms with Gasteiger partial charge in [0.2, 0.25) is 10.0 Å². The van der Waals surface area contributed by atoms with E-state index < -0.39 is 31.4 Å². The van der Waals surface area contributed by atoms with E-state index >= 15 is 0 Å². The first kappa shape index (κ1) is 17.1. The maximum absolute atomic E-state index is 12.1. The van der Waals surface area contributed by atoms with Gasteiger partial charge < -0.3 is 5.32 Å². The summed E-state index contributed by atoms with van der Waals surface area (Å²) in [5.41, 5.74) is -0.489. The molecule has 1 unspecified atom stereocenters. The molecule has 0 aromatic heterocycles. The van der Waals surface area contributed by atoms with Gasteiger partial charge in [-0.05, 0) is 25.8 Å². The molecular formula is C12H17N3O5S. The lowest BCUT2D eigenvalue weighted by Crippen LogP contribution is -2.32. The van der Waals surface area contributed by atoms with Gasteiger partial charge in [-0.3, -0.25) is 14.9 Å². The summed E-state index contributed by atoms with van der Waals surface area (Å²) >= 11 is 0. The number of nitrogens with two attached hydrogens (primary N) is 1. The minimum atomic E-state index is -4.16. The number of hydrogen-bond acceptors (Lipinski definition) is 5. The number of amides is 1. The molecule has 3 N–H and O–H groups in total. The minimum absolute atomic E-state index is 0.0754. The Morgan fingerprint density at radius 2 is 2.05 bits per heavy atom. The van der Waals surface area contributed by atoms with Crippen molar-refractivity contribution in [2.45, 2.75) is 38.1 Å². The maximum atomic E-state index is 12.1. The smallest absolute Gasteiger partial charge is 0.271 e. The molecule has 0 aliphatic rings. The summed E-state index contributed by atoms with van der Waals surface area (Å²) in [5.74, 6) is -0.574. The zero-order valence-corrected chi connectivity index (χ0v) is 12.7. The first-order valence-electron chi connectivity index (χ1n) is 6.20. The van der Waals surface area contributed by atoms with Crippen molar-refractivity contribution in [2.75, 3.05) is 0 Å². The van der Waals surface area contributed by atoms with E-state index in [4.69, 9.17) is 5.14 Å². The fraction of sp³-hybridized carbons (Fsp3) is 0.417. The summed E-state index contributed by atoms with van der Waals surface area (Å²) in [6.45, 7) is 5.02. The number of primary sulfonamides is 1. The Balaban J connectivity index is 3.48. The van der Waals surface area contributed by atoms with E-state index in [1.54, 1.807) is 6.92 Å². The number of hydrogen-bond donors (Lipinski definition) is 2. The van der Waals surface area contributed by atoms with Crippen LogP contribution in [-0.4, -0.2) is 25.3 Å². The molecule has 116 valence electrons. The second-order valence-corrected chi connectivity index (χ2v) is 6.23. The Morgan fingerprint density at radius 3 is 2.48 bits per heavy atom. The van der Waals surface area contributed by atoms with E-state index in [9.17, 15) is 23.3 Å². The van der Waals surface area contributed by atoms with Crippen LogP contribution in [0, 0.1) is 17.0 Å². The largest absolute Gasteiger partial charge is 0.350 e. The van der Waals surface area contributed by atoms with Gasteiger partial charge >= 0.3 is 0 Å². The lowest BCUT2D eigenvalue weighted by Gasteiger charge is -2.14. The molecule has 8 nitrogen and oxygen atoms in total. The molecule has 21 heavy (non-hydrogen) atoms. The summed E-state index contributed by atoms with van der Waals surface area (Å²) in [6, 6.07) is 1.75. The van der Waals surface area contributed by atoms with Crippen LogP contribution in [0.1, 0.15) is 36.2 Å². The van der Waals surface area contributed by atoms with Crippen molar-refractivity contribution in [1.29, 1.82) is 0 Å². The minimum Gasteiger partial charge on any atom is -0.350 e. The summed E-state index contributed by atoms with van der Waals surface area (Å²) in [5, 5.41) is 18.6. The monoisotopic (exact) mass is 315 g/mol. The molecule has 0 heterocycles. The van der Waals surface area contributed by atoms with Crippen LogP contribution in [-0.2, 0) is 10.0 Å². The van der Waals surface area contributed by atoms with E-state index in [1.165, 1.54) is 6.92 Å². The summed E-state index contributed by atoms with van der Waals surface area (Å²) in [4.78, 5) is 21.8. The van der Waals surface area contributed by atoms with Crippen molar-refractivity contribution in [3.63, 3.8) is 0 Å². The van der Waals surface area contributed by atoms with Crippen LogP contribution in [0.2, 0.25) is 0 Å². The normalized spacial score (nSPS) is 12.8. The van der Waals surface area contributed by atoms with E-state index in [0.717, 1.165) is 12.1 Å². The highest BCUT2D eigenvalue weighted by Crippen LogP contribution is 2.25.